The van der Waals surface area contributed by atoms with Crippen molar-refractivity contribution in [3.63, 3.8) is 0 Å². The molecule has 4 aromatic rings. The van der Waals surface area contributed by atoms with Crippen LogP contribution >= 0.6 is 0 Å². The van der Waals surface area contributed by atoms with Gasteiger partial charge in [-0.05, 0) is 138 Å². The van der Waals surface area contributed by atoms with Crippen LogP contribution in [0.15, 0.2) is 91.0 Å². The van der Waals surface area contributed by atoms with Gasteiger partial charge in [0, 0.05) is 27.9 Å². The molecule has 0 saturated heterocycles. The minimum Gasteiger partial charge on any atom is -0.457 e. The summed E-state index contributed by atoms with van der Waals surface area (Å²) < 4.78 is 6.93. The smallest absolute Gasteiger partial charge is 0.133 e. The molecule has 4 saturated carbocycles. The van der Waals surface area contributed by atoms with Crippen molar-refractivity contribution in [3.8, 4) is 11.5 Å². The van der Waals surface area contributed by atoms with Crippen LogP contribution in [0.2, 0.25) is 0 Å². The van der Waals surface area contributed by atoms with Crippen LogP contribution in [0.25, 0.3) is 0 Å². The van der Waals surface area contributed by atoms with E-state index >= 15 is 0 Å². The average Bonchev–Trinajstić information content (AvgIpc) is 3.43. The highest BCUT2D eigenvalue weighted by molar-refractivity contribution is 5.84. The Morgan fingerprint density at radius 3 is 2.02 bits per heavy atom. The van der Waals surface area contributed by atoms with E-state index in [0.717, 1.165) is 23.3 Å². The predicted octanol–water partition coefficient (Wildman–Crippen LogP) is 11.4. The van der Waals surface area contributed by atoms with Gasteiger partial charge in [0.2, 0.25) is 0 Å². The van der Waals surface area contributed by atoms with Crippen LogP contribution in [-0.2, 0) is 16.2 Å². The number of para-hydroxylation sites is 2. The van der Waals surface area contributed by atoms with Crippen molar-refractivity contribution < 1.29 is 4.74 Å². The molecule has 0 amide bonds. The summed E-state index contributed by atoms with van der Waals surface area (Å²) >= 11 is 0. The van der Waals surface area contributed by atoms with E-state index in [-0.39, 0.29) is 16.2 Å². The molecule has 2 spiro atoms. The van der Waals surface area contributed by atoms with Crippen LogP contribution in [0.5, 0.6) is 11.5 Å². The number of ether oxygens (including phenoxy) is 1. The summed E-state index contributed by atoms with van der Waals surface area (Å²) in [5.41, 5.74) is 10.6. The van der Waals surface area contributed by atoms with E-state index in [9.17, 15) is 0 Å². The molecule has 4 unspecified atom stereocenters. The van der Waals surface area contributed by atoms with E-state index in [4.69, 9.17) is 4.74 Å². The van der Waals surface area contributed by atoms with Gasteiger partial charge in [0.05, 0.1) is 5.69 Å². The van der Waals surface area contributed by atoms with E-state index < -0.39 is 0 Å². The van der Waals surface area contributed by atoms with Gasteiger partial charge in [-0.3, -0.25) is 0 Å². The number of anilines is 3. The zero-order valence-electron chi connectivity index (χ0n) is 27.3. The summed E-state index contributed by atoms with van der Waals surface area (Å²) in [6.07, 6.45) is 9.58. The second kappa shape index (κ2) is 8.64. The zero-order chi connectivity index (χ0) is 30.3. The fraction of sp³-hybridized carbons (Fsp3) is 0.442. The van der Waals surface area contributed by atoms with Crippen LogP contribution in [0.4, 0.5) is 17.1 Å². The maximum atomic E-state index is 6.93. The Morgan fingerprint density at radius 1 is 0.600 bits per heavy atom. The number of rotatable bonds is 3. The molecule has 0 radical (unpaired) electrons. The first kappa shape index (κ1) is 26.7. The number of fused-ring (bicyclic) bond motifs is 9. The lowest BCUT2D eigenvalue weighted by atomic mass is 9.37. The largest absolute Gasteiger partial charge is 0.457 e. The third-order valence-electron chi connectivity index (χ3n) is 13.9. The van der Waals surface area contributed by atoms with E-state index in [1.165, 1.54) is 84.3 Å². The molecule has 1 aliphatic heterocycles. The third kappa shape index (κ3) is 3.27. The predicted molar refractivity (Wildman–Crippen MR) is 183 cm³/mol. The summed E-state index contributed by atoms with van der Waals surface area (Å²) in [7, 11) is 0. The molecular weight excluding hydrogens is 546 g/mol. The molecule has 1 heterocycles. The van der Waals surface area contributed by atoms with Crippen LogP contribution in [-0.4, -0.2) is 0 Å². The van der Waals surface area contributed by atoms with E-state index in [1.54, 1.807) is 0 Å². The lowest BCUT2D eigenvalue weighted by Crippen LogP contribution is -2.64. The number of nitrogens with zero attached hydrogens (tertiary/aromatic N) is 1. The molecule has 4 atom stereocenters. The van der Waals surface area contributed by atoms with Gasteiger partial charge in [0.1, 0.15) is 11.5 Å². The highest BCUT2D eigenvalue weighted by Crippen LogP contribution is 2.85. The van der Waals surface area contributed by atoms with Crippen LogP contribution < -0.4 is 9.64 Å². The molecule has 0 aromatic heterocycles. The van der Waals surface area contributed by atoms with Crippen LogP contribution in [0.3, 0.4) is 0 Å². The molecule has 6 aliphatic rings. The van der Waals surface area contributed by atoms with Gasteiger partial charge >= 0.3 is 0 Å². The van der Waals surface area contributed by atoms with Gasteiger partial charge in [-0.1, -0.05) is 76.2 Å². The van der Waals surface area contributed by atoms with Gasteiger partial charge in [-0.2, -0.15) is 0 Å². The van der Waals surface area contributed by atoms with Crippen molar-refractivity contribution in [2.75, 3.05) is 4.90 Å². The second-order valence-corrected chi connectivity index (χ2v) is 17.0. The molecule has 3 bridgehead atoms. The molecular formula is C43H45NO. The Balaban J connectivity index is 1.24. The van der Waals surface area contributed by atoms with E-state index in [0.29, 0.717) is 17.3 Å². The fourth-order valence-electron chi connectivity index (χ4n) is 12.3. The fourth-order valence-corrected chi connectivity index (χ4v) is 12.3. The Hall–Kier alpha value is -3.52. The van der Waals surface area contributed by atoms with Crippen molar-refractivity contribution in [1.29, 1.82) is 0 Å². The lowest BCUT2D eigenvalue weighted by Gasteiger charge is -2.67. The molecule has 228 valence electrons. The van der Waals surface area contributed by atoms with Crippen molar-refractivity contribution >= 4 is 17.1 Å². The first-order valence-electron chi connectivity index (χ1n) is 17.6. The Kier molecular flexibility index (Phi) is 5.12. The summed E-state index contributed by atoms with van der Waals surface area (Å²) in [5.74, 6) is 5.36. The highest BCUT2D eigenvalue weighted by atomic mass is 16.5. The van der Waals surface area contributed by atoms with Gasteiger partial charge in [0.25, 0.3) is 0 Å². The highest BCUT2D eigenvalue weighted by Gasteiger charge is 2.79. The molecule has 4 fully saturated rings. The summed E-state index contributed by atoms with van der Waals surface area (Å²) in [6, 6.07) is 34.5. The van der Waals surface area contributed by atoms with Gasteiger partial charge in [0.15, 0.2) is 0 Å². The molecule has 2 nitrogen and oxygen atoms in total. The molecule has 45 heavy (non-hydrogen) atoms. The van der Waals surface area contributed by atoms with E-state index in [2.05, 4.69) is 124 Å². The number of hydrogen-bond acceptors (Lipinski definition) is 2. The maximum Gasteiger partial charge on any atom is 0.133 e. The van der Waals surface area contributed by atoms with Gasteiger partial charge in [-0.25, -0.2) is 0 Å². The molecule has 2 heteroatoms. The van der Waals surface area contributed by atoms with Gasteiger partial charge in [-0.15, -0.1) is 0 Å². The first-order chi connectivity index (χ1) is 21.7. The quantitative estimate of drug-likeness (QED) is 0.235. The Morgan fingerprint density at radius 2 is 1.27 bits per heavy atom. The topological polar surface area (TPSA) is 12.5 Å². The summed E-state index contributed by atoms with van der Waals surface area (Å²) in [5, 5.41) is 0. The summed E-state index contributed by atoms with van der Waals surface area (Å²) in [6.45, 7) is 9.75. The molecule has 4 aromatic carbocycles. The SMILES string of the molecule is CC1(C)CCC(C)(C)c2cc(N(c3ccccc3)c3cccc4c3C3(c5ccccc5O4)C4CC5CC6CC3C4(C5)C6)ccc21. The maximum absolute atomic E-state index is 6.93. The van der Waals surface area contributed by atoms with Crippen molar-refractivity contribution in [2.45, 2.75) is 88.9 Å². The molecule has 0 N–H and O–H groups in total. The molecule has 10 rings (SSSR count). The first-order valence-corrected chi connectivity index (χ1v) is 17.6. The third-order valence-corrected chi connectivity index (χ3v) is 13.9. The van der Waals surface area contributed by atoms with Gasteiger partial charge < -0.3 is 9.64 Å². The van der Waals surface area contributed by atoms with Crippen LogP contribution in [0.1, 0.15) is 94.9 Å². The average molecular weight is 592 g/mol. The lowest BCUT2D eigenvalue weighted by molar-refractivity contribution is -0.0878. The Labute approximate surface area is 268 Å². The normalized spacial score (nSPS) is 33.4. The monoisotopic (exact) mass is 591 g/mol. The van der Waals surface area contributed by atoms with Crippen LogP contribution in [0, 0.1) is 29.1 Å². The van der Waals surface area contributed by atoms with Crippen molar-refractivity contribution in [1.82, 2.24) is 0 Å². The van der Waals surface area contributed by atoms with E-state index in [1.807, 2.05) is 0 Å². The minimum absolute atomic E-state index is 0.00713. The van der Waals surface area contributed by atoms with Crippen molar-refractivity contribution in [3.05, 3.63) is 113 Å². The molecule has 5 aliphatic carbocycles. The second-order valence-electron chi connectivity index (χ2n) is 17.0. The Bertz CT molecular complexity index is 1840. The number of benzene rings is 4. The standard InChI is InChI=1S/C43H45NO/c1-40(2)19-20-41(3,4)33-24-30(17-18-31(33)40)44(29-11-6-5-7-12-29)34-14-10-16-36-39(34)43(32-13-8-9-15-35(32)45-36)37-22-27-21-28-23-38(43)42(37,25-27)26-28/h5-18,24,27-28,37-38H,19-23,25-26H2,1-4H3. The van der Waals surface area contributed by atoms with Crippen molar-refractivity contribution in [2.24, 2.45) is 29.1 Å². The number of hydrogen-bond donors (Lipinski definition) is 0. The zero-order valence-corrected chi connectivity index (χ0v) is 27.3. The summed E-state index contributed by atoms with van der Waals surface area (Å²) in [4.78, 5) is 2.58. The minimum atomic E-state index is 0.00713.